The van der Waals surface area contributed by atoms with Gasteiger partial charge >= 0.3 is 5.97 Å². The Morgan fingerprint density at radius 3 is 2.57 bits per heavy atom. The molecule has 1 aromatic heterocycles. The van der Waals surface area contributed by atoms with Gasteiger partial charge in [-0.15, -0.1) is 0 Å². The topological polar surface area (TPSA) is 50.2 Å². The van der Waals surface area contributed by atoms with Crippen LogP contribution in [0, 0.1) is 0 Å². The number of aromatic carboxylic acids is 1. The number of nitrogens with zero attached hydrogens (tertiary/aromatic N) is 1. The second kappa shape index (κ2) is 5.06. The average molecular weight is 301 g/mol. The van der Waals surface area contributed by atoms with E-state index in [0.29, 0.717) is 5.56 Å². The van der Waals surface area contributed by atoms with E-state index in [9.17, 15) is 4.79 Å². The quantitative estimate of drug-likeness (QED) is 0.792. The molecule has 23 heavy (non-hydrogen) atoms. The van der Waals surface area contributed by atoms with Crippen LogP contribution in [0.15, 0.2) is 54.6 Å². The fourth-order valence-electron chi connectivity index (χ4n) is 3.19. The van der Waals surface area contributed by atoms with Crippen LogP contribution in [-0.4, -0.2) is 16.1 Å². The van der Waals surface area contributed by atoms with Crippen LogP contribution in [0.2, 0.25) is 0 Å². The first kappa shape index (κ1) is 13.7. The lowest BCUT2D eigenvalue weighted by Crippen LogP contribution is -2.27. The fourth-order valence-corrected chi connectivity index (χ4v) is 3.19. The van der Waals surface area contributed by atoms with Crippen molar-refractivity contribution in [3.05, 3.63) is 76.3 Å². The van der Waals surface area contributed by atoms with Crippen molar-refractivity contribution in [1.82, 2.24) is 4.98 Å². The summed E-state index contributed by atoms with van der Waals surface area (Å²) in [4.78, 5) is 15.8. The van der Waals surface area contributed by atoms with E-state index in [1.54, 1.807) is 12.1 Å². The fraction of sp³-hybridized carbons (Fsp3) is 0.100. The molecule has 1 aliphatic rings. The van der Waals surface area contributed by atoms with E-state index < -0.39 is 5.97 Å². The Morgan fingerprint density at radius 1 is 1.09 bits per heavy atom. The molecule has 1 heterocycles. The third-order valence-electron chi connectivity index (χ3n) is 4.38. The Balaban J connectivity index is 1.98. The van der Waals surface area contributed by atoms with E-state index in [-0.39, 0.29) is 0 Å². The third kappa shape index (κ3) is 2.21. The van der Waals surface area contributed by atoms with Crippen LogP contribution < -0.4 is 10.6 Å². The molecule has 0 unspecified atom stereocenters. The number of fused-ring (bicyclic) bond motifs is 2. The van der Waals surface area contributed by atoms with E-state index in [1.807, 2.05) is 30.3 Å². The van der Waals surface area contributed by atoms with Gasteiger partial charge in [0, 0.05) is 10.6 Å². The van der Waals surface area contributed by atoms with Crippen molar-refractivity contribution in [3.63, 3.8) is 0 Å². The van der Waals surface area contributed by atoms with Crippen molar-refractivity contribution in [1.29, 1.82) is 0 Å². The van der Waals surface area contributed by atoms with Crippen LogP contribution >= 0.6 is 0 Å². The molecule has 0 amide bonds. The maximum Gasteiger partial charge on any atom is 0.335 e. The van der Waals surface area contributed by atoms with Crippen LogP contribution in [0.3, 0.4) is 0 Å². The van der Waals surface area contributed by atoms with Crippen molar-refractivity contribution in [3.8, 4) is 0 Å². The lowest BCUT2D eigenvalue weighted by molar-refractivity contribution is 0.0697. The highest BCUT2D eigenvalue weighted by Crippen LogP contribution is 2.23. The average Bonchev–Trinajstić information content (AvgIpc) is 2.89. The van der Waals surface area contributed by atoms with Gasteiger partial charge in [0.15, 0.2) is 0 Å². The monoisotopic (exact) mass is 301 g/mol. The van der Waals surface area contributed by atoms with Crippen LogP contribution in [0.1, 0.15) is 29.3 Å². The predicted molar refractivity (Wildman–Crippen MR) is 90.6 cm³/mol. The largest absolute Gasteiger partial charge is 0.478 e. The van der Waals surface area contributed by atoms with Gasteiger partial charge in [0.05, 0.1) is 16.4 Å². The van der Waals surface area contributed by atoms with Gasteiger partial charge in [-0.25, -0.2) is 9.78 Å². The van der Waals surface area contributed by atoms with E-state index >= 15 is 0 Å². The molecule has 0 atom stereocenters. The first-order valence-electron chi connectivity index (χ1n) is 7.56. The molecule has 0 saturated heterocycles. The van der Waals surface area contributed by atoms with Gasteiger partial charge in [0.2, 0.25) is 0 Å². The number of benzene rings is 2. The van der Waals surface area contributed by atoms with Gasteiger partial charge in [-0.3, -0.25) is 0 Å². The second-order valence-electron chi connectivity index (χ2n) is 5.90. The Bertz CT molecular complexity index is 1060. The molecular weight excluding hydrogens is 286 g/mol. The molecule has 0 bridgehead atoms. The van der Waals surface area contributed by atoms with Crippen LogP contribution in [0.4, 0.5) is 0 Å². The SMILES string of the molecule is CC1=c2nc3ccccc3cc2=C(c2ccc(C(=O)O)cc2)C1. The van der Waals surface area contributed by atoms with Gasteiger partial charge in [-0.05, 0) is 54.3 Å². The van der Waals surface area contributed by atoms with Crippen molar-refractivity contribution in [2.24, 2.45) is 0 Å². The molecule has 0 spiro atoms. The minimum atomic E-state index is -0.899. The summed E-state index contributed by atoms with van der Waals surface area (Å²) < 4.78 is 0. The molecule has 3 heteroatoms. The Kier molecular flexibility index (Phi) is 3.01. The zero-order valence-electron chi connectivity index (χ0n) is 12.7. The minimum absolute atomic E-state index is 0.310. The summed E-state index contributed by atoms with van der Waals surface area (Å²) >= 11 is 0. The molecule has 3 aromatic rings. The summed E-state index contributed by atoms with van der Waals surface area (Å²) in [6.45, 7) is 2.11. The molecule has 3 nitrogen and oxygen atoms in total. The van der Waals surface area contributed by atoms with Crippen LogP contribution in [0.5, 0.6) is 0 Å². The number of para-hydroxylation sites is 1. The standard InChI is InChI=1S/C20H15NO2/c1-12-10-16(13-6-8-14(9-7-13)20(22)23)17-11-15-4-2-3-5-18(15)21-19(12)17/h2-9,11H,10H2,1H3,(H,22,23). The molecule has 112 valence electrons. The molecule has 0 aliphatic heterocycles. The van der Waals surface area contributed by atoms with Crippen molar-refractivity contribution in [2.45, 2.75) is 13.3 Å². The second-order valence-corrected chi connectivity index (χ2v) is 5.90. The number of pyridine rings is 1. The van der Waals surface area contributed by atoms with E-state index in [0.717, 1.165) is 33.5 Å². The summed E-state index contributed by atoms with van der Waals surface area (Å²) in [5.74, 6) is -0.899. The van der Waals surface area contributed by atoms with Gasteiger partial charge < -0.3 is 5.11 Å². The number of carbonyl (C=O) groups is 1. The highest BCUT2D eigenvalue weighted by atomic mass is 16.4. The Labute approximate surface area is 133 Å². The zero-order chi connectivity index (χ0) is 16.0. The smallest absolute Gasteiger partial charge is 0.335 e. The molecule has 1 N–H and O–H groups in total. The van der Waals surface area contributed by atoms with Gasteiger partial charge in [0.1, 0.15) is 0 Å². The van der Waals surface area contributed by atoms with Gasteiger partial charge in [-0.1, -0.05) is 30.3 Å². The molecule has 0 fully saturated rings. The third-order valence-corrected chi connectivity index (χ3v) is 4.38. The van der Waals surface area contributed by atoms with Gasteiger partial charge in [-0.2, -0.15) is 0 Å². The van der Waals surface area contributed by atoms with Gasteiger partial charge in [0.25, 0.3) is 0 Å². The molecule has 4 rings (SSSR count). The molecular formula is C20H15NO2. The summed E-state index contributed by atoms with van der Waals surface area (Å²) in [6.07, 6.45) is 0.852. The Hall–Kier alpha value is -2.94. The summed E-state index contributed by atoms with van der Waals surface area (Å²) in [5.41, 5.74) is 4.85. The van der Waals surface area contributed by atoms with Crippen molar-refractivity contribution < 1.29 is 9.90 Å². The highest BCUT2D eigenvalue weighted by Gasteiger charge is 2.14. The lowest BCUT2D eigenvalue weighted by atomic mass is 10.0. The van der Waals surface area contributed by atoms with Crippen LogP contribution in [-0.2, 0) is 0 Å². The molecule has 0 saturated carbocycles. The van der Waals surface area contributed by atoms with E-state index in [1.165, 1.54) is 11.1 Å². The number of rotatable bonds is 2. The minimum Gasteiger partial charge on any atom is -0.478 e. The zero-order valence-corrected chi connectivity index (χ0v) is 12.7. The maximum absolute atomic E-state index is 11.0. The maximum atomic E-state index is 11.0. The number of carboxylic acid groups (broad SMARTS) is 1. The first-order valence-corrected chi connectivity index (χ1v) is 7.56. The van der Waals surface area contributed by atoms with E-state index in [4.69, 9.17) is 10.1 Å². The number of aromatic nitrogens is 1. The van der Waals surface area contributed by atoms with Crippen LogP contribution in [0.25, 0.3) is 22.0 Å². The lowest BCUT2D eigenvalue weighted by Gasteiger charge is -2.04. The first-order chi connectivity index (χ1) is 11.1. The number of hydrogen-bond acceptors (Lipinski definition) is 2. The van der Waals surface area contributed by atoms with Crippen molar-refractivity contribution in [2.75, 3.05) is 0 Å². The predicted octanol–water partition coefficient (Wildman–Crippen LogP) is 2.71. The van der Waals surface area contributed by atoms with E-state index in [2.05, 4.69) is 19.1 Å². The Morgan fingerprint density at radius 2 is 1.83 bits per heavy atom. The van der Waals surface area contributed by atoms with Crippen molar-refractivity contribution >= 4 is 28.0 Å². The number of carboxylic acids is 1. The number of hydrogen-bond donors (Lipinski definition) is 1. The highest BCUT2D eigenvalue weighted by molar-refractivity contribution is 5.89. The molecule has 2 aromatic carbocycles. The summed E-state index contributed by atoms with van der Waals surface area (Å²) in [5, 5.41) is 12.4. The molecule has 1 aliphatic carbocycles. The summed E-state index contributed by atoms with van der Waals surface area (Å²) in [6, 6.07) is 17.4. The molecule has 0 radical (unpaired) electrons. The normalized spacial score (nSPS) is 13.4. The summed E-state index contributed by atoms with van der Waals surface area (Å²) in [7, 11) is 0.